The van der Waals surface area contributed by atoms with E-state index in [-0.39, 0.29) is 23.8 Å². The van der Waals surface area contributed by atoms with Gasteiger partial charge in [0.1, 0.15) is 11.5 Å². The van der Waals surface area contributed by atoms with Crippen molar-refractivity contribution in [2.75, 3.05) is 20.8 Å². The van der Waals surface area contributed by atoms with E-state index < -0.39 is 17.9 Å². The minimum Gasteiger partial charge on any atom is -0.491 e. The van der Waals surface area contributed by atoms with Gasteiger partial charge in [0.05, 0.1) is 32.4 Å². The summed E-state index contributed by atoms with van der Waals surface area (Å²) in [6.45, 7) is 2.07. The largest absolute Gasteiger partial charge is 0.491 e. The Bertz CT molecular complexity index is 1030. The van der Waals surface area contributed by atoms with Crippen LogP contribution in [0.2, 0.25) is 5.02 Å². The maximum Gasteiger partial charge on any atom is 0.373 e. The number of furan rings is 1. The fourth-order valence-electron chi connectivity index (χ4n) is 2.84. The van der Waals surface area contributed by atoms with Crippen molar-refractivity contribution in [2.24, 2.45) is 0 Å². The molecule has 1 aromatic heterocycles. The number of imide groups is 1. The van der Waals surface area contributed by atoms with Crippen LogP contribution in [0.15, 0.2) is 34.4 Å². The summed E-state index contributed by atoms with van der Waals surface area (Å²) in [6, 6.07) is 5.52. The van der Waals surface area contributed by atoms with Crippen molar-refractivity contribution >= 4 is 35.6 Å². The van der Waals surface area contributed by atoms with Gasteiger partial charge in [-0.3, -0.25) is 9.69 Å². The quantitative estimate of drug-likeness (QED) is 0.405. The van der Waals surface area contributed by atoms with Crippen molar-refractivity contribution in [3.05, 3.63) is 52.1 Å². The predicted molar refractivity (Wildman–Crippen MR) is 106 cm³/mol. The number of methoxy groups -OCH3 is 2. The van der Waals surface area contributed by atoms with Crippen LogP contribution in [0, 0.1) is 0 Å². The molecule has 0 aliphatic carbocycles. The molecular formula is C20H19ClN2O7. The molecular weight excluding hydrogens is 416 g/mol. The normalized spacial score (nSPS) is 14.8. The molecule has 0 atom stereocenters. The number of esters is 1. The number of halogens is 1. The highest BCUT2D eigenvalue weighted by atomic mass is 35.5. The van der Waals surface area contributed by atoms with Crippen molar-refractivity contribution in [2.45, 2.75) is 13.5 Å². The third-order valence-corrected chi connectivity index (χ3v) is 4.45. The number of ether oxygens (including phenoxy) is 3. The number of carbonyl (C=O) groups excluding carboxylic acids is 3. The van der Waals surface area contributed by atoms with Crippen LogP contribution in [-0.4, -0.2) is 43.6 Å². The summed E-state index contributed by atoms with van der Waals surface area (Å²) in [6.07, 6.45) is 1.48. The predicted octanol–water partition coefficient (Wildman–Crippen LogP) is 3.22. The zero-order valence-corrected chi connectivity index (χ0v) is 17.2. The molecule has 3 amide bonds. The maximum absolute atomic E-state index is 12.7. The molecule has 1 fully saturated rings. The van der Waals surface area contributed by atoms with Gasteiger partial charge >= 0.3 is 12.0 Å². The number of hydrogen-bond donors (Lipinski definition) is 1. The monoisotopic (exact) mass is 434 g/mol. The summed E-state index contributed by atoms with van der Waals surface area (Å²) in [5.74, 6) is -0.179. The lowest BCUT2D eigenvalue weighted by Gasteiger charge is -2.12. The Morgan fingerprint density at radius 1 is 1.27 bits per heavy atom. The van der Waals surface area contributed by atoms with Crippen LogP contribution in [0.3, 0.4) is 0 Å². The molecule has 30 heavy (non-hydrogen) atoms. The molecule has 1 aliphatic rings. The first-order valence-electron chi connectivity index (χ1n) is 8.89. The van der Waals surface area contributed by atoms with Gasteiger partial charge in [-0.1, -0.05) is 11.6 Å². The molecule has 3 rings (SSSR count). The SMILES string of the molecule is CCOc1cc(C=C2NC(=O)N(Cc3ccc(C(=O)OC)o3)C2=O)cc(Cl)c1OC. The van der Waals surface area contributed by atoms with Crippen molar-refractivity contribution < 1.29 is 33.0 Å². The van der Waals surface area contributed by atoms with Crippen LogP contribution in [0.5, 0.6) is 11.5 Å². The number of hydrogen-bond acceptors (Lipinski definition) is 7. The van der Waals surface area contributed by atoms with Gasteiger partial charge in [-0.2, -0.15) is 0 Å². The van der Waals surface area contributed by atoms with Gasteiger partial charge in [0.15, 0.2) is 11.5 Å². The first-order chi connectivity index (χ1) is 14.4. The summed E-state index contributed by atoms with van der Waals surface area (Å²) in [5, 5.41) is 2.81. The average molecular weight is 435 g/mol. The number of rotatable bonds is 7. The number of nitrogens with one attached hydrogen (secondary N) is 1. The molecule has 1 aromatic carbocycles. The fraction of sp³-hybridized carbons (Fsp3) is 0.250. The molecule has 10 heteroatoms. The Hall–Kier alpha value is -3.46. The van der Waals surface area contributed by atoms with E-state index in [1.54, 1.807) is 12.1 Å². The van der Waals surface area contributed by atoms with E-state index in [1.807, 2.05) is 6.92 Å². The van der Waals surface area contributed by atoms with Crippen LogP contribution >= 0.6 is 11.6 Å². The van der Waals surface area contributed by atoms with Crippen molar-refractivity contribution in [3.8, 4) is 11.5 Å². The van der Waals surface area contributed by atoms with Gasteiger partial charge in [0.2, 0.25) is 5.76 Å². The number of carbonyl (C=O) groups is 3. The Balaban J connectivity index is 1.83. The number of amides is 3. The number of urea groups is 1. The van der Waals surface area contributed by atoms with E-state index in [0.29, 0.717) is 28.7 Å². The molecule has 0 saturated carbocycles. The minimum atomic E-state index is -0.652. The molecule has 0 unspecified atom stereocenters. The lowest BCUT2D eigenvalue weighted by atomic mass is 10.1. The second-order valence-corrected chi connectivity index (χ2v) is 6.51. The van der Waals surface area contributed by atoms with Crippen LogP contribution < -0.4 is 14.8 Å². The molecule has 1 saturated heterocycles. The Kier molecular flexibility index (Phi) is 6.31. The summed E-state index contributed by atoms with van der Waals surface area (Å²) >= 11 is 6.23. The Labute approximate surface area is 177 Å². The van der Waals surface area contributed by atoms with Crippen LogP contribution in [0.25, 0.3) is 6.08 Å². The second kappa shape index (κ2) is 8.91. The van der Waals surface area contributed by atoms with Crippen molar-refractivity contribution in [1.82, 2.24) is 10.2 Å². The van der Waals surface area contributed by atoms with E-state index in [1.165, 1.54) is 32.4 Å². The van der Waals surface area contributed by atoms with E-state index in [9.17, 15) is 14.4 Å². The first kappa shape index (κ1) is 21.3. The summed E-state index contributed by atoms with van der Waals surface area (Å²) in [5.41, 5.74) is 0.601. The van der Waals surface area contributed by atoms with Gasteiger partial charge in [0, 0.05) is 0 Å². The zero-order chi connectivity index (χ0) is 21.8. The molecule has 2 heterocycles. The number of benzene rings is 1. The lowest BCUT2D eigenvalue weighted by Crippen LogP contribution is -2.30. The van der Waals surface area contributed by atoms with E-state index in [2.05, 4.69) is 10.1 Å². The van der Waals surface area contributed by atoms with Gasteiger partial charge in [-0.25, -0.2) is 9.59 Å². The minimum absolute atomic E-state index is 0.0216. The smallest absolute Gasteiger partial charge is 0.373 e. The first-order valence-corrected chi connectivity index (χ1v) is 9.27. The molecule has 0 radical (unpaired) electrons. The zero-order valence-electron chi connectivity index (χ0n) is 16.5. The van der Waals surface area contributed by atoms with E-state index in [0.717, 1.165) is 4.90 Å². The lowest BCUT2D eigenvalue weighted by molar-refractivity contribution is -0.123. The molecule has 0 bridgehead atoms. The standard InChI is InChI=1S/C20H19ClN2O7/c1-4-29-16-9-11(7-13(21)17(16)27-2)8-14-18(24)23(20(26)22-14)10-12-5-6-15(30-12)19(25)28-3/h5-9H,4,10H2,1-3H3,(H,22,26). The van der Waals surface area contributed by atoms with E-state index >= 15 is 0 Å². The van der Waals surface area contributed by atoms with Crippen LogP contribution in [0.4, 0.5) is 4.79 Å². The van der Waals surface area contributed by atoms with Crippen LogP contribution in [0.1, 0.15) is 28.8 Å². The highest BCUT2D eigenvalue weighted by Gasteiger charge is 2.34. The van der Waals surface area contributed by atoms with Gasteiger partial charge in [-0.15, -0.1) is 0 Å². The topological polar surface area (TPSA) is 107 Å². The Morgan fingerprint density at radius 3 is 2.70 bits per heavy atom. The average Bonchev–Trinajstić information content (AvgIpc) is 3.28. The maximum atomic E-state index is 12.7. The van der Waals surface area contributed by atoms with Gasteiger partial charge < -0.3 is 23.9 Å². The highest BCUT2D eigenvalue weighted by molar-refractivity contribution is 6.32. The fourth-order valence-corrected chi connectivity index (χ4v) is 3.14. The van der Waals surface area contributed by atoms with Gasteiger partial charge in [0.25, 0.3) is 5.91 Å². The van der Waals surface area contributed by atoms with E-state index in [4.69, 9.17) is 25.5 Å². The molecule has 0 spiro atoms. The summed E-state index contributed by atoms with van der Waals surface area (Å²) < 4.78 is 20.6. The second-order valence-electron chi connectivity index (χ2n) is 6.10. The van der Waals surface area contributed by atoms with Crippen molar-refractivity contribution in [1.29, 1.82) is 0 Å². The molecule has 2 aromatic rings. The third-order valence-electron chi connectivity index (χ3n) is 4.17. The van der Waals surface area contributed by atoms with Gasteiger partial charge in [-0.05, 0) is 42.8 Å². The Morgan fingerprint density at radius 2 is 2.03 bits per heavy atom. The third kappa shape index (κ3) is 4.25. The van der Waals surface area contributed by atoms with Crippen molar-refractivity contribution in [3.63, 3.8) is 0 Å². The molecule has 9 nitrogen and oxygen atoms in total. The summed E-state index contributed by atoms with van der Waals surface area (Å²) in [4.78, 5) is 37.4. The molecule has 1 N–H and O–H groups in total. The highest BCUT2D eigenvalue weighted by Crippen LogP contribution is 2.37. The molecule has 1 aliphatic heterocycles. The summed E-state index contributed by atoms with van der Waals surface area (Å²) in [7, 11) is 2.70. The molecule has 158 valence electrons. The number of nitrogens with zero attached hydrogens (tertiary/aromatic N) is 1. The van der Waals surface area contributed by atoms with Crippen LogP contribution in [-0.2, 0) is 16.1 Å².